The Labute approximate surface area is 356 Å². The van der Waals surface area contributed by atoms with E-state index in [0.29, 0.717) is 44.4 Å². The SMILES string of the molecule is COc1ccc(O)c(C2C3=CCn4c(=O)n(CCc5nc6cc(OC)c(OC)cc6n(C)c5=O)c(=O)n4C3CC3C(=O)N(Nc4ccc(F)cc4)C(=O)C32c2ccc(Cl)cc2)c1. The van der Waals surface area contributed by atoms with Crippen LogP contribution in [0.15, 0.2) is 105 Å². The number of phenolic OH excluding ortho intramolecular Hbond substituents is 1. The first-order valence-electron chi connectivity index (χ1n) is 19.6. The number of nitrogens with one attached hydrogen (secondary N) is 1. The van der Waals surface area contributed by atoms with E-state index < -0.39 is 57.9 Å². The normalized spacial score (nSPS) is 20.4. The van der Waals surface area contributed by atoms with Crippen LogP contribution < -0.4 is 36.6 Å². The fourth-order valence-corrected chi connectivity index (χ4v) is 9.61. The van der Waals surface area contributed by atoms with Crippen LogP contribution in [0.3, 0.4) is 0 Å². The van der Waals surface area contributed by atoms with Gasteiger partial charge >= 0.3 is 11.4 Å². The van der Waals surface area contributed by atoms with E-state index in [-0.39, 0.29) is 48.6 Å². The Morgan fingerprint density at radius 3 is 2.31 bits per heavy atom. The van der Waals surface area contributed by atoms with Crippen LogP contribution in [0.1, 0.15) is 35.2 Å². The second-order valence-corrected chi connectivity index (χ2v) is 15.8. The minimum atomic E-state index is -1.75. The molecule has 4 aromatic carbocycles. The number of halogens is 2. The second-order valence-electron chi connectivity index (χ2n) is 15.4. The van der Waals surface area contributed by atoms with Crippen LogP contribution in [0.5, 0.6) is 23.0 Å². The molecule has 1 aliphatic carbocycles. The molecule has 3 aliphatic rings. The summed E-state index contributed by atoms with van der Waals surface area (Å²) in [6.45, 7) is -0.314. The molecule has 0 bridgehead atoms. The third kappa shape index (κ3) is 6.01. The lowest BCUT2D eigenvalue weighted by Gasteiger charge is -2.49. The fourth-order valence-electron chi connectivity index (χ4n) is 9.48. The highest BCUT2D eigenvalue weighted by atomic mass is 35.5. The summed E-state index contributed by atoms with van der Waals surface area (Å²) in [7, 11) is 6.00. The van der Waals surface area contributed by atoms with Crippen molar-refractivity contribution in [2.45, 2.75) is 43.3 Å². The highest BCUT2D eigenvalue weighted by molar-refractivity contribution is 6.30. The van der Waals surface area contributed by atoms with Gasteiger partial charge in [0.1, 0.15) is 23.0 Å². The fraction of sp³-hybridized carbons (Fsp3) is 0.273. The summed E-state index contributed by atoms with van der Waals surface area (Å²) in [5.74, 6) is -3.19. The van der Waals surface area contributed by atoms with Crippen LogP contribution in [0.4, 0.5) is 10.1 Å². The number of hydrogen-bond acceptors (Lipinski definition) is 11. The van der Waals surface area contributed by atoms with Gasteiger partial charge in [0.15, 0.2) is 11.5 Å². The molecule has 2 aliphatic heterocycles. The van der Waals surface area contributed by atoms with E-state index >= 15 is 4.79 Å². The van der Waals surface area contributed by atoms with Crippen molar-refractivity contribution in [2.24, 2.45) is 13.0 Å². The number of imide groups is 1. The lowest BCUT2D eigenvalue weighted by atomic mass is 9.53. The number of methoxy groups -OCH3 is 3. The zero-order chi connectivity index (χ0) is 43.8. The molecule has 0 spiro atoms. The summed E-state index contributed by atoms with van der Waals surface area (Å²) in [6, 6.07) is 18.5. The first-order valence-corrected chi connectivity index (χ1v) is 20.0. The largest absolute Gasteiger partial charge is 0.508 e. The van der Waals surface area contributed by atoms with Gasteiger partial charge in [-0.1, -0.05) is 29.8 Å². The summed E-state index contributed by atoms with van der Waals surface area (Å²) >= 11 is 6.38. The summed E-state index contributed by atoms with van der Waals surface area (Å²) in [6.07, 6.45) is 1.55. The smallest absolute Gasteiger partial charge is 0.347 e. The van der Waals surface area contributed by atoms with Crippen molar-refractivity contribution in [1.82, 2.24) is 28.5 Å². The van der Waals surface area contributed by atoms with E-state index in [0.717, 1.165) is 9.58 Å². The highest BCUT2D eigenvalue weighted by Crippen LogP contribution is 2.63. The molecule has 0 radical (unpaired) electrons. The molecular weight excluding hydrogens is 825 g/mol. The molecule has 1 saturated carbocycles. The molecule has 1 saturated heterocycles. The molecule has 4 atom stereocenters. The number of allylic oxidation sites excluding steroid dienone is 2. The first-order chi connectivity index (χ1) is 29.8. The van der Waals surface area contributed by atoms with E-state index in [9.17, 15) is 28.7 Å². The Kier molecular flexibility index (Phi) is 9.80. The third-order valence-corrected chi connectivity index (χ3v) is 12.6. The molecular formula is C44H39ClFN7O9. The van der Waals surface area contributed by atoms with Crippen molar-refractivity contribution in [3.63, 3.8) is 0 Å². The van der Waals surface area contributed by atoms with Crippen LogP contribution >= 0.6 is 11.6 Å². The standard InChI is InChI=1S/C44H39ClFN7O9/c1-49-34-22-37(62-4)36(61-3)21-32(34)47-31(40(49)56)16-17-50-42(58)51-18-15-28-33(53(51)43(50)59)20-30-39(55)52(48-26-11-9-25(46)10-12-26)41(57)44(30,23-5-7-24(45)8-6-23)38(28)29-19-27(60-2)13-14-35(29)54/h5-15,19,21-22,30,33,38,48,54H,16-18,20H2,1-4H3. The van der Waals surface area contributed by atoms with Gasteiger partial charge in [-0.05, 0) is 72.2 Å². The van der Waals surface area contributed by atoms with E-state index in [1.165, 1.54) is 65.6 Å². The highest BCUT2D eigenvalue weighted by Gasteiger charge is 2.69. The number of aromatic nitrogens is 5. The Hall–Kier alpha value is -7.14. The summed E-state index contributed by atoms with van der Waals surface area (Å²) in [4.78, 5) is 77.3. The van der Waals surface area contributed by atoms with Crippen molar-refractivity contribution in [3.05, 3.63) is 149 Å². The maximum absolute atomic E-state index is 15.4. The van der Waals surface area contributed by atoms with Gasteiger partial charge in [0.05, 0.1) is 62.0 Å². The number of aryl methyl sites for hydroxylation is 2. The Morgan fingerprint density at radius 1 is 0.903 bits per heavy atom. The van der Waals surface area contributed by atoms with E-state index in [4.69, 9.17) is 25.8 Å². The Balaban J connectivity index is 1.18. The van der Waals surface area contributed by atoms with Crippen molar-refractivity contribution < 1.29 is 33.3 Å². The van der Waals surface area contributed by atoms with Crippen LogP contribution in [0, 0.1) is 11.7 Å². The maximum atomic E-state index is 15.4. The number of amides is 2. The maximum Gasteiger partial charge on any atom is 0.347 e. The molecule has 4 heterocycles. The first kappa shape index (κ1) is 40.3. The van der Waals surface area contributed by atoms with Crippen LogP contribution in [0.25, 0.3) is 11.0 Å². The molecule has 2 aromatic heterocycles. The number of carbonyl (C=O) groups is 2. The molecule has 9 rings (SSSR count). The summed E-state index contributed by atoms with van der Waals surface area (Å²) < 4.78 is 35.4. The molecule has 4 unspecified atom stereocenters. The van der Waals surface area contributed by atoms with Crippen molar-refractivity contribution in [1.29, 1.82) is 0 Å². The van der Waals surface area contributed by atoms with Crippen LogP contribution in [0.2, 0.25) is 5.02 Å². The van der Waals surface area contributed by atoms with Gasteiger partial charge in [-0.2, -0.15) is 5.01 Å². The monoisotopic (exact) mass is 863 g/mol. The average molecular weight is 864 g/mol. The number of aromatic hydroxyl groups is 1. The molecule has 16 nitrogen and oxygen atoms in total. The molecule has 2 N–H and O–H groups in total. The van der Waals surface area contributed by atoms with E-state index in [2.05, 4.69) is 10.4 Å². The van der Waals surface area contributed by atoms with Gasteiger partial charge in [-0.3, -0.25) is 19.8 Å². The van der Waals surface area contributed by atoms with Gasteiger partial charge in [-0.25, -0.2) is 32.9 Å². The van der Waals surface area contributed by atoms with Crippen LogP contribution in [-0.4, -0.2) is 66.7 Å². The number of phenols is 1. The lowest BCUT2D eigenvalue weighted by molar-refractivity contribution is -0.138. The summed E-state index contributed by atoms with van der Waals surface area (Å²) in [5.41, 5.74) is 1.78. The zero-order valence-corrected chi connectivity index (χ0v) is 34.6. The number of benzene rings is 4. The number of hydrogen-bond donors (Lipinski definition) is 2. The lowest BCUT2D eigenvalue weighted by Crippen LogP contribution is -2.53. The minimum Gasteiger partial charge on any atom is -0.508 e. The number of anilines is 1. The molecule has 2 fully saturated rings. The number of rotatable bonds is 10. The average Bonchev–Trinajstić information content (AvgIpc) is 3.65. The number of fused-ring (bicyclic) bond motifs is 5. The van der Waals surface area contributed by atoms with Crippen molar-refractivity contribution in [2.75, 3.05) is 26.8 Å². The number of hydrazine groups is 1. The number of carbonyl (C=O) groups excluding carboxylic acids is 2. The quantitative estimate of drug-likeness (QED) is 0.147. The Morgan fingerprint density at radius 2 is 1.61 bits per heavy atom. The molecule has 318 valence electrons. The van der Waals surface area contributed by atoms with Gasteiger partial charge in [0, 0.05) is 48.6 Å². The van der Waals surface area contributed by atoms with Crippen molar-refractivity contribution in [3.8, 4) is 23.0 Å². The summed E-state index contributed by atoms with van der Waals surface area (Å²) in [5, 5.41) is 13.0. The Bertz CT molecular complexity index is 3050. The third-order valence-electron chi connectivity index (χ3n) is 12.4. The van der Waals surface area contributed by atoms with E-state index in [1.807, 2.05) is 0 Å². The zero-order valence-electron chi connectivity index (χ0n) is 33.8. The van der Waals surface area contributed by atoms with Gasteiger partial charge < -0.3 is 23.9 Å². The van der Waals surface area contributed by atoms with Gasteiger partial charge in [-0.15, -0.1) is 0 Å². The van der Waals surface area contributed by atoms with E-state index in [1.54, 1.807) is 61.7 Å². The topological polar surface area (TPSA) is 181 Å². The molecule has 62 heavy (non-hydrogen) atoms. The number of nitrogens with zero attached hydrogens (tertiary/aromatic N) is 6. The molecule has 18 heteroatoms. The molecule has 2 amide bonds. The predicted octanol–water partition coefficient (Wildman–Crippen LogP) is 4.44. The van der Waals surface area contributed by atoms with Crippen molar-refractivity contribution >= 4 is 40.1 Å². The van der Waals surface area contributed by atoms with Crippen LogP contribution in [-0.2, 0) is 41.6 Å². The second kappa shape index (κ2) is 15.1. The van der Waals surface area contributed by atoms with Gasteiger partial charge in [0.25, 0.3) is 17.4 Å². The minimum absolute atomic E-state index is 0.0827. The predicted molar refractivity (Wildman–Crippen MR) is 224 cm³/mol. The molecule has 6 aromatic rings. The van der Waals surface area contributed by atoms with Gasteiger partial charge in [0.2, 0.25) is 0 Å². The number of ether oxygens (including phenoxy) is 3.